The third-order valence-electron chi connectivity index (χ3n) is 3.32. The number of rotatable bonds is 5. The first-order valence-corrected chi connectivity index (χ1v) is 8.07. The summed E-state index contributed by atoms with van der Waals surface area (Å²) in [6.45, 7) is 0.479. The molecule has 4 nitrogen and oxygen atoms in total. The van der Waals surface area contributed by atoms with Crippen LogP contribution in [0.15, 0.2) is 53.7 Å². The molecule has 0 atom stereocenters. The highest BCUT2D eigenvalue weighted by Gasteiger charge is 2.06. The summed E-state index contributed by atoms with van der Waals surface area (Å²) in [5.41, 5.74) is 1.93. The van der Waals surface area contributed by atoms with E-state index < -0.39 is 0 Å². The van der Waals surface area contributed by atoms with E-state index in [1.54, 1.807) is 18.9 Å². The van der Waals surface area contributed by atoms with Crippen LogP contribution in [-0.4, -0.2) is 23.3 Å². The van der Waals surface area contributed by atoms with Crippen LogP contribution < -0.4 is 9.47 Å². The number of hydrogen-bond acceptors (Lipinski definition) is 5. The summed E-state index contributed by atoms with van der Waals surface area (Å²) in [5.74, 6) is 1.35. The fourth-order valence-electron chi connectivity index (χ4n) is 2.17. The summed E-state index contributed by atoms with van der Waals surface area (Å²) >= 11 is 1.72. The smallest absolute Gasteiger partial charge is 0.224 e. The predicted molar refractivity (Wildman–Crippen MR) is 88.6 cm³/mol. The van der Waals surface area contributed by atoms with Gasteiger partial charge in [-0.05, 0) is 36.1 Å². The first-order chi connectivity index (χ1) is 10.8. The maximum atomic E-state index is 5.88. The van der Waals surface area contributed by atoms with Gasteiger partial charge < -0.3 is 9.47 Å². The number of fused-ring (bicyclic) bond motifs is 1. The van der Waals surface area contributed by atoms with Crippen LogP contribution in [0.25, 0.3) is 10.9 Å². The predicted octanol–water partition coefficient (Wildman–Crippen LogP) is 3.94. The summed E-state index contributed by atoms with van der Waals surface area (Å²) in [7, 11) is 1.64. The zero-order valence-corrected chi connectivity index (χ0v) is 13.3. The van der Waals surface area contributed by atoms with Crippen molar-refractivity contribution >= 4 is 22.7 Å². The van der Waals surface area contributed by atoms with E-state index in [1.807, 2.05) is 30.3 Å². The number of thioether (sulfide) groups is 1. The van der Waals surface area contributed by atoms with Gasteiger partial charge in [0.1, 0.15) is 18.7 Å². The molecule has 0 bridgehead atoms. The summed E-state index contributed by atoms with van der Waals surface area (Å²) in [4.78, 5) is 9.72. The van der Waals surface area contributed by atoms with Crippen molar-refractivity contribution in [2.24, 2.45) is 0 Å². The minimum absolute atomic E-state index is 0.479. The van der Waals surface area contributed by atoms with Crippen molar-refractivity contribution in [3.8, 4) is 11.6 Å². The van der Waals surface area contributed by atoms with Crippen LogP contribution in [0.2, 0.25) is 0 Å². The minimum atomic E-state index is 0.479. The lowest BCUT2D eigenvalue weighted by Gasteiger charge is -2.09. The van der Waals surface area contributed by atoms with Gasteiger partial charge in [0.05, 0.1) is 18.0 Å². The van der Waals surface area contributed by atoms with E-state index in [1.165, 1.54) is 11.2 Å². The summed E-state index contributed by atoms with van der Waals surface area (Å²) in [6, 6.07) is 14.0. The molecule has 0 aliphatic carbocycles. The molecule has 0 saturated carbocycles. The molecule has 2 aromatic carbocycles. The Balaban J connectivity index is 1.84. The van der Waals surface area contributed by atoms with Crippen molar-refractivity contribution in [3.05, 3.63) is 54.4 Å². The Morgan fingerprint density at radius 1 is 1.09 bits per heavy atom. The standard InChI is InChI=1S/C17H16N2O2S/c1-20-13-6-7-15-16(9-13)18-11-19-17(15)21-10-12-4-3-5-14(8-12)22-2/h3-9,11H,10H2,1-2H3. The minimum Gasteiger partial charge on any atom is -0.497 e. The summed E-state index contributed by atoms with van der Waals surface area (Å²) < 4.78 is 11.1. The Morgan fingerprint density at radius 3 is 2.82 bits per heavy atom. The average Bonchev–Trinajstić information content (AvgIpc) is 2.59. The molecule has 0 spiro atoms. The zero-order chi connectivity index (χ0) is 15.4. The van der Waals surface area contributed by atoms with Gasteiger partial charge in [-0.3, -0.25) is 0 Å². The van der Waals surface area contributed by atoms with Crippen LogP contribution in [0, 0.1) is 0 Å². The Morgan fingerprint density at radius 2 is 2.00 bits per heavy atom. The fourth-order valence-corrected chi connectivity index (χ4v) is 2.65. The molecule has 0 radical (unpaired) electrons. The lowest BCUT2D eigenvalue weighted by molar-refractivity contribution is 0.297. The van der Waals surface area contributed by atoms with Crippen molar-refractivity contribution in [2.75, 3.05) is 13.4 Å². The van der Waals surface area contributed by atoms with Gasteiger partial charge in [0.25, 0.3) is 0 Å². The molecule has 1 heterocycles. The third kappa shape index (κ3) is 3.14. The van der Waals surface area contributed by atoms with E-state index >= 15 is 0 Å². The fraction of sp³-hybridized carbons (Fsp3) is 0.176. The van der Waals surface area contributed by atoms with Crippen molar-refractivity contribution in [2.45, 2.75) is 11.5 Å². The highest BCUT2D eigenvalue weighted by molar-refractivity contribution is 7.98. The van der Waals surface area contributed by atoms with Crippen LogP contribution in [0.1, 0.15) is 5.56 Å². The van der Waals surface area contributed by atoms with E-state index in [9.17, 15) is 0 Å². The van der Waals surface area contributed by atoms with Crippen LogP contribution in [0.5, 0.6) is 11.6 Å². The number of aromatic nitrogens is 2. The van der Waals surface area contributed by atoms with Gasteiger partial charge in [-0.2, -0.15) is 0 Å². The molecule has 1 aromatic heterocycles. The van der Waals surface area contributed by atoms with E-state index in [0.717, 1.165) is 22.2 Å². The van der Waals surface area contributed by atoms with Gasteiger partial charge in [0, 0.05) is 11.0 Å². The first-order valence-electron chi connectivity index (χ1n) is 6.84. The molecule has 22 heavy (non-hydrogen) atoms. The number of methoxy groups -OCH3 is 1. The van der Waals surface area contributed by atoms with Crippen molar-refractivity contribution in [3.63, 3.8) is 0 Å². The normalized spacial score (nSPS) is 10.6. The Labute approximate surface area is 133 Å². The molecule has 0 aliphatic heterocycles. The number of hydrogen-bond donors (Lipinski definition) is 0. The molecule has 0 aliphatic rings. The quantitative estimate of drug-likeness (QED) is 0.668. The zero-order valence-electron chi connectivity index (χ0n) is 12.4. The molecular formula is C17H16N2O2S. The second-order valence-electron chi connectivity index (χ2n) is 4.70. The monoisotopic (exact) mass is 312 g/mol. The van der Waals surface area contributed by atoms with Crippen LogP contribution in [0.4, 0.5) is 0 Å². The van der Waals surface area contributed by atoms with Gasteiger partial charge in [0.2, 0.25) is 5.88 Å². The van der Waals surface area contributed by atoms with Crippen molar-refractivity contribution in [1.29, 1.82) is 0 Å². The third-order valence-corrected chi connectivity index (χ3v) is 4.04. The van der Waals surface area contributed by atoms with Crippen LogP contribution in [0.3, 0.4) is 0 Å². The molecule has 3 aromatic rings. The maximum absolute atomic E-state index is 5.88. The molecule has 0 amide bonds. The average molecular weight is 312 g/mol. The SMILES string of the molecule is COc1ccc2c(OCc3cccc(SC)c3)ncnc2c1. The Bertz CT molecular complexity index is 792. The summed E-state index contributed by atoms with van der Waals surface area (Å²) in [5, 5.41) is 0.879. The molecule has 0 N–H and O–H groups in total. The van der Waals surface area contributed by atoms with Gasteiger partial charge >= 0.3 is 0 Å². The first kappa shape index (κ1) is 14.7. The summed E-state index contributed by atoms with van der Waals surface area (Å²) in [6.07, 6.45) is 3.57. The van der Waals surface area contributed by atoms with Gasteiger partial charge in [-0.1, -0.05) is 12.1 Å². The largest absolute Gasteiger partial charge is 0.497 e. The highest BCUT2D eigenvalue weighted by atomic mass is 32.2. The molecule has 3 rings (SSSR count). The van der Waals surface area contributed by atoms with Gasteiger partial charge in [-0.15, -0.1) is 11.8 Å². The highest BCUT2D eigenvalue weighted by Crippen LogP contribution is 2.26. The van der Waals surface area contributed by atoms with E-state index in [2.05, 4.69) is 28.4 Å². The number of ether oxygens (including phenoxy) is 2. The van der Waals surface area contributed by atoms with Crippen LogP contribution in [-0.2, 0) is 6.61 Å². The number of benzene rings is 2. The Hall–Kier alpha value is -2.27. The van der Waals surface area contributed by atoms with Crippen LogP contribution >= 0.6 is 11.8 Å². The molecule has 5 heteroatoms. The second-order valence-corrected chi connectivity index (χ2v) is 5.58. The molecule has 0 unspecified atom stereocenters. The lowest BCUT2D eigenvalue weighted by atomic mass is 10.2. The second kappa shape index (κ2) is 6.66. The maximum Gasteiger partial charge on any atom is 0.224 e. The van der Waals surface area contributed by atoms with E-state index in [4.69, 9.17) is 9.47 Å². The Kier molecular flexibility index (Phi) is 4.44. The van der Waals surface area contributed by atoms with Gasteiger partial charge in [-0.25, -0.2) is 9.97 Å². The lowest BCUT2D eigenvalue weighted by Crippen LogP contribution is -1.99. The van der Waals surface area contributed by atoms with Crippen molar-refractivity contribution in [1.82, 2.24) is 9.97 Å². The van der Waals surface area contributed by atoms with Gasteiger partial charge in [0.15, 0.2) is 0 Å². The topological polar surface area (TPSA) is 44.2 Å². The molecule has 0 fully saturated rings. The molecule has 112 valence electrons. The molecule has 0 saturated heterocycles. The van der Waals surface area contributed by atoms with E-state index in [-0.39, 0.29) is 0 Å². The van der Waals surface area contributed by atoms with E-state index in [0.29, 0.717) is 12.5 Å². The molecular weight excluding hydrogens is 296 g/mol. The van der Waals surface area contributed by atoms with Crippen molar-refractivity contribution < 1.29 is 9.47 Å². The number of nitrogens with zero attached hydrogens (tertiary/aromatic N) is 2.